The second-order valence-corrected chi connectivity index (χ2v) is 3.34. The van der Waals surface area contributed by atoms with Gasteiger partial charge in [0.05, 0.1) is 14.2 Å². The molecule has 0 saturated heterocycles. The molecular weight excluding hydrogens is 216 g/mol. The molecule has 13 heavy (non-hydrogen) atoms. The van der Waals surface area contributed by atoms with Crippen LogP contribution in [0, 0.1) is 0 Å². The minimum absolute atomic E-state index is 0.102. The number of carbonyl (C=O) groups excluding carboxylic acids is 2. The Morgan fingerprint density at radius 2 is 1.38 bits per heavy atom. The maximum Gasteiger partial charge on any atom is 0.318 e. The molecule has 0 atom stereocenters. The molecule has 0 unspecified atom stereocenters. The van der Waals surface area contributed by atoms with E-state index < -0.39 is 0 Å². The fourth-order valence-electron chi connectivity index (χ4n) is 0.296. The third-order valence-electron chi connectivity index (χ3n) is 0.905. The maximum absolute atomic E-state index is 10.5. The van der Waals surface area contributed by atoms with E-state index in [-0.39, 0.29) is 23.4 Å². The van der Waals surface area contributed by atoms with Gasteiger partial charge >= 0.3 is 11.9 Å². The van der Waals surface area contributed by atoms with Crippen LogP contribution in [0.3, 0.4) is 0 Å². The Hall–Kier alpha value is -0.400. The average Bonchev–Trinajstić information content (AvgIpc) is 2.16. The van der Waals surface area contributed by atoms with Gasteiger partial charge in [-0.15, -0.1) is 0 Å². The quantitative estimate of drug-likeness (QED) is 0.374. The predicted octanol–water partition coefficient (Wildman–Crippen LogP) is 0.645. The first-order valence-electron chi connectivity index (χ1n) is 3.25. The molecule has 0 saturated carbocycles. The molecule has 0 aliphatic carbocycles. The smallest absolute Gasteiger partial charge is 0.318 e. The summed E-state index contributed by atoms with van der Waals surface area (Å²) in [6, 6.07) is 0. The molecule has 0 aliphatic heterocycles. The fourth-order valence-corrected chi connectivity index (χ4v) is 1.38. The zero-order chi connectivity index (χ0) is 10.1. The largest absolute Gasteiger partial charge is 0.468 e. The fraction of sp³-hybridized carbons (Fsp3) is 0.667. The molecule has 5 nitrogen and oxygen atoms in total. The van der Waals surface area contributed by atoms with Gasteiger partial charge < -0.3 is 9.47 Å². The van der Waals surface area contributed by atoms with Crippen LogP contribution >= 0.6 is 24.1 Å². The van der Waals surface area contributed by atoms with Gasteiger partial charge in [0.2, 0.25) is 0 Å². The molecule has 0 radical (unpaired) electrons. The summed E-state index contributed by atoms with van der Waals surface area (Å²) in [4.78, 5) is 21.1. The van der Waals surface area contributed by atoms with E-state index in [0.29, 0.717) is 0 Å². The normalized spacial score (nSPS) is 9.38. The highest BCUT2D eigenvalue weighted by Gasteiger charge is 2.03. The minimum atomic E-state index is -0.372. The molecule has 0 spiro atoms. The summed E-state index contributed by atoms with van der Waals surface area (Å²) in [6.07, 6.45) is 0. The molecule has 76 valence electrons. The average molecular weight is 226 g/mol. The lowest BCUT2D eigenvalue weighted by Gasteiger charge is -1.99. The number of methoxy groups -OCH3 is 2. The SMILES string of the molecule is COC(=O)CSOSCC(=O)OC. The van der Waals surface area contributed by atoms with Crippen molar-refractivity contribution >= 4 is 36.0 Å². The number of hydrogen-bond donors (Lipinski definition) is 0. The monoisotopic (exact) mass is 226 g/mol. The Bertz CT molecular complexity index is 154. The van der Waals surface area contributed by atoms with E-state index in [1.165, 1.54) is 14.2 Å². The van der Waals surface area contributed by atoms with E-state index in [2.05, 4.69) is 9.47 Å². The zero-order valence-electron chi connectivity index (χ0n) is 7.27. The van der Waals surface area contributed by atoms with E-state index in [0.717, 1.165) is 24.1 Å². The minimum Gasteiger partial charge on any atom is -0.468 e. The summed E-state index contributed by atoms with van der Waals surface area (Å²) in [6.45, 7) is 0. The number of ether oxygens (including phenoxy) is 2. The lowest BCUT2D eigenvalue weighted by atomic mass is 10.8. The van der Waals surface area contributed by atoms with Crippen molar-refractivity contribution in [3.05, 3.63) is 0 Å². The molecule has 0 aliphatic rings. The summed E-state index contributed by atoms with van der Waals surface area (Å²) in [5.74, 6) is -0.539. The Balaban J connectivity index is 3.17. The van der Waals surface area contributed by atoms with Crippen LogP contribution in [0.1, 0.15) is 0 Å². The molecular formula is C6H10O5S2. The van der Waals surface area contributed by atoms with E-state index in [9.17, 15) is 9.59 Å². The van der Waals surface area contributed by atoms with Gasteiger partial charge in [-0.2, -0.15) is 0 Å². The van der Waals surface area contributed by atoms with Crippen LogP contribution in [0.5, 0.6) is 0 Å². The highest BCUT2D eigenvalue weighted by atomic mass is 32.2. The van der Waals surface area contributed by atoms with Gasteiger partial charge in [-0.25, -0.2) is 3.63 Å². The summed E-state index contributed by atoms with van der Waals surface area (Å²) < 4.78 is 13.5. The Labute approximate surface area is 84.9 Å². The Morgan fingerprint density at radius 3 is 1.69 bits per heavy atom. The van der Waals surface area contributed by atoms with Crippen molar-refractivity contribution in [2.45, 2.75) is 0 Å². The first-order valence-corrected chi connectivity index (χ1v) is 5.07. The van der Waals surface area contributed by atoms with Crippen molar-refractivity contribution in [2.24, 2.45) is 0 Å². The van der Waals surface area contributed by atoms with E-state index >= 15 is 0 Å². The standard InChI is InChI=1S/C6H10O5S2/c1-9-5(7)3-12-11-13-4-6(8)10-2/h3-4H2,1-2H3. The van der Waals surface area contributed by atoms with E-state index in [1.54, 1.807) is 0 Å². The van der Waals surface area contributed by atoms with Crippen LogP contribution in [0.2, 0.25) is 0 Å². The molecule has 0 N–H and O–H groups in total. The second kappa shape index (κ2) is 8.21. The van der Waals surface area contributed by atoms with Gasteiger partial charge in [-0.3, -0.25) is 9.59 Å². The van der Waals surface area contributed by atoms with Crippen LogP contribution in [-0.2, 0) is 22.7 Å². The summed E-state index contributed by atoms with van der Waals surface area (Å²) in [5, 5.41) is 0. The molecule has 0 amide bonds. The Kier molecular flexibility index (Phi) is 7.96. The Morgan fingerprint density at radius 1 is 1.00 bits per heavy atom. The van der Waals surface area contributed by atoms with Gasteiger partial charge in [0.25, 0.3) is 0 Å². The molecule has 0 aromatic rings. The molecule has 7 heteroatoms. The molecule has 0 fully saturated rings. The van der Waals surface area contributed by atoms with Crippen molar-refractivity contribution in [1.82, 2.24) is 0 Å². The van der Waals surface area contributed by atoms with Gasteiger partial charge in [0, 0.05) is 24.1 Å². The molecule has 0 bridgehead atoms. The summed E-state index contributed by atoms with van der Waals surface area (Å²) in [5.41, 5.74) is 0. The van der Waals surface area contributed by atoms with Crippen molar-refractivity contribution < 1.29 is 22.7 Å². The van der Waals surface area contributed by atoms with Gasteiger partial charge in [-0.05, 0) is 0 Å². The van der Waals surface area contributed by atoms with Crippen LogP contribution in [0.4, 0.5) is 0 Å². The molecule has 0 aromatic heterocycles. The van der Waals surface area contributed by atoms with Crippen LogP contribution in [-0.4, -0.2) is 37.7 Å². The summed E-state index contributed by atoms with van der Waals surface area (Å²) in [7, 11) is 2.59. The van der Waals surface area contributed by atoms with Crippen LogP contribution in [0.25, 0.3) is 0 Å². The molecule has 0 aromatic carbocycles. The lowest BCUT2D eigenvalue weighted by Crippen LogP contribution is -2.04. The van der Waals surface area contributed by atoms with Gasteiger partial charge in [0.1, 0.15) is 11.5 Å². The number of rotatable bonds is 6. The number of carbonyl (C=O) groups is 2. The van der Waals surface area contributed by atoms with Crippen molar-refractivity contribution in [3.8, 4) is 0 Å². The number of esters is 2. The molecule has 0 rings (SSSR count). The highest BCUT2D eigenvalue weighted by molar-refractivity contribution is 8.08. The van der Waals surface area contributed by atoms with E-state index in [4.69, 9.17) is 3.63 Å². The van der Waals surface area contributed by atoms with Crippen molar-refractivity contribution in [1.29, 1.82) is 0 Å². The van der Waals surface area contributed by atoms with Gasteiger partial charge in [-0.1, -0.05) is 0 Å². The highest BCUT2D eigenvalue weighted by Crippen LogP contribution is 2.14. The topological polar surface area (TPSA) is 61.8 Å². The second-order valence-electron chi connectivity index (χ2n) is 1.74. The van der Waals surface area contributed by atoms with Gasteiger partial charge in [0.15, 0.2) is 0 Å². The third kappa shape index (κ3) is 7.94. The van der Waals surface area contributed by atoms with Crippen LogP contribution < -0.4 is 0 Å². The van der Waals surface area contributed by atoms with E-state index in [1.807, 2.05) is 0 Å². The zero-order valence-corrected chi connectivity index (χ0v) is 8.90. The van der Waals surface area contributed by atoms with Crippen LogP contribution in [0.15, 0.2) is 0 Å². The summed E-state index contributed by atoms with van der Waals surface area (Å²) >= 11 is 1.84. The first kappa shape index (κ1) is 12.6. The predicted molar refractivity (Wildman–Crippen MR) is 50.0 cm³/mol. The van der Waals surface area contributed by atoms with Crippen molar-refractivity contribution in [2.75, 3.05) is 25.7 Å². The molecule has 0 heterocycles. The third-order valence-corrected chi connectivity index (χ3v) is 2.38. The first-order chi connectivity index (χ1) is 6.20. The maximum atomic E-state index is 10.5. The van der Waals surface area contributed by atoms with Crippen molar-refractivity contribution in [3.63, 3.8) is 0 Å². The lowest BCUT2D eigenvalue weighted by molar-refractivity contribution is -0.138. The number of hydrogen-bond acceptors (Lipinski definition) is 7.